The van der Waals surface area contributed by atoms with Gasteiger partial charge >= 0.3 is 6.18 Å². The number of alkyl halides is 3. The van der Waals surface area contributed by atoms with E-state index in [1.807, 2.05) is 20.8 Å². The highest BCUT2D eigenvalue weighted by Crippen LogP contribution is 2.29. The van der Waals surface area contributed by atoms with Gasteiger partial charge in [-0.2, -0.15) is 13.2 Å². The lowest BCUT2D eigenvalue weighted by Crippen LogP contribution is -2.38. The zero-order valence-corrected chi connectivity index (χ0v) is 15.2. The first-order valence-electron chi connectivity index (χ1n) is 8.25. The van der Waals surface area contributed by atoms with Crippen LogP contribution in [0, 0.1) is 13.8 Å². The second-order valence-corrected chi connectivity index (χ2v) is 6.14. The van der Waals surface area contributed by atoms with Crippen LogP contribution in [0.15, 0.2) is 33.8 Å². The van der Waals surface area contributed by atoms with Crippen molar-refractivity contribution in [3.05, 3.63) is 52.4 Å². The quantitative estimate of drug-likeness (QED) is 0.623. The highest BCUT2D eigenvalue weighted by Gasteiger charge is 2.30. The molecule has 0 amide bonds. The maximum Gasteiger partial charge on any atom is 0.416 e. The average Bonchev–Trinajstić information content (AvgIpc) is 2.93. The van der Waals surface area contributed by atoms with Gasteiger partial charge in [-0.15, -0.1) is 0 Å². The summed E-state index contributed by atoms with van der Waals surface area (Å²) in [6.45, 7) is 6.63. The van der Waals surface area contributed by atoms with Gasteiger partial charge in [0.05, 0.1) is 11.3 Å². The molecular weight excluding hydrogens is 345 g/mol. The maximum atomic E-state index is 12.8. The summed E-state index contributed by atoms with van der Waals surface area (Å²) in [6, 6.07) is 5.23. The SMILES string of the molecule is CN=C(NCc1cccc(C(F)(F)F)c1)NCC(C)c1c(C)noc1C. The Kier molecular flexibility index (Phi) is 6.28. The van der Waals surface area contributed by atoms with Crippen molar-refractivity contribution in [2.24, 2.45) is 4.99 Å². The third-order valence-electron chi connectivity index (χ3n) is 4.09. The standard InChI is InChI=1S/C18H23F3N4O/c1-11(16-12(2)25-26-13(16)3)9-23-17(22-4)24-10-14-6-5-7-15(8-14)18(19,20)21/h5-8,11H,9-10H2,1-4H3,(H2,22,23,24). The van der Waals surface area contributed by atoms with Crippen LogP contribution >= 0.6 is 0 Å². The summed E-state index contributed by atoms with van der Waals surface area (Å²) < 4.78 is 43.5. The fourth-order valence-electron chi connectivity index (χ4n) is 2.81. The van der Waals surface area contributed by atoms with Crippen molar-refractivity contribution in [1.82, 2.24) is 15.8 Å². The van der Waals surface area contributed by atoms with E-state index >= 15 is 0 Å². The van der Waals surface area contributed by atoms with Gasteiger partial charge in [-0.25, -0.2) is 0 Å². The number of halogens is 3. The summed E-state index contributed by atoms with van der Waals surface area (Å²) >= 11 is 0. The molecule has 2 N–H and O–H groups in total. The highest BCUT2D eigenvalue weighted by atomic mass is 19.4. The maximum absolute atomic E-state index is 12.8. The molecule has 0 aliphatic rings. The molecule has 1 unspecified atom stereocenters. The van der Waals surface area contributed by atoms with E-state index in [2.05, 4.69) is 20.8 Å². The zero-order chi connectivity index (χ0) is 19.3. The molecule has 1 atom stereocenters. The van der Waals surface area contributed by atoms with Gasteiger partial charge in [0, 0.05) is 31.6 Å². The number of guanidine groups is 1. The van der Waals surface area contributed by atoms with E-state index in [0.29, 0.717) is 18.1 Å². The smallest absolute Gasteiger partial charge is 0.361 e. The van der Waals surface area contributed by atoms with E-state index in [4.69, 9.17) is 4.52 Å². The molecule has 0 bridgehead atoms. The zero-order valence-electron chi connectivity index (χ0n) is 15.2. The third kappa shape index (κ3) is 5.00. The van der Waals surface area contributed by atoms with Gasteiger partial charge in [0.25, 0.3) is 0 Å². The summed E-state index contributed by atoms with van der Waals surface area (Å²) in [5, 5.41) is 10.1. The minimum atomic E-state index is -4.35. The van der Waals surface area contributed by atoms with Gasteiger partial charge in [-0.05, 0) is 31.5 Å². The number of aryl methyl sites for hydroxylation is 2. The van der Waals surface area contributed by atoms with Crippen molar-refractivity contribution in [3.8, 4) is 0 Å². The molecule has 0 fully saturated rings. The van der Waals surface area contributed by atoms with Crippen molar-refractivity contribution in [2.45, 2.75) is 39.4 Å². The van der Waals surface area contributed by atoms with Crippen LogP contribution in [0.25, 0.3) is 0 Å². The predicted octanol–water partition coefficient (Wildman–Crippen LogP) is 3.78. The van der Waals surface area contributed by atoms with Crippen molar-refractivity contribution in [2.75, 3.05) is 13.6 Å². The van der Waals surface area contributed by atoms with Crippen LogP contribution in [-0.2, 0) is 12.7 Å². The van der Waals surface area contributed by atoms with Crippen LogP contribution in [0.3, 0.4) is 0 Å². The fraction of sp³-hybridized carbons (Fsp3) is 0.444. The number of aliphatic imine (C=N–C) groups is 1. The van der Waals surface area contributed by atoms with E-state index < -0.39 is 11.7 Å². The van der Waals surface area contributed by atoms with Crippen LogP contribution in [0.2, 0.25) is 0 Å². The first kappa shape index (κ1) is 19.8. The van der Waals surface area contributed by atoms with Gasteiger partial charge in [-0.1, -0.05) is 24.2 Å². The van der Waals surface area contributed by atoms with Crippen LogP contribution < -0.4 is 10.6 Å². The molecule has 0 spiro atoms. The molecule has 1 heterocycles. The second-order valence-electron chi connectivity index (χ2n) is 6.14. The van der Waals surface area contributed by atoms with Crippen LogP contribution in [0.1, 0.15) is 41.0 Å². The minimum absolute atomic E-state index is 0.147. The third-order valence-corrected chi connectivity index (χ3v) is 4.09. The molecule has 1 aromatic heterocycles. The van der Waals surface area contributed by atoms with Gasteiger partial charge in [0.1, 0.15) is 5.76 Å². The van der Waals surface area contributed by atoms with Gasteiger partial charge < -0.3 is 15.2 Å². The monoisotopic (exact) mass is 368 g/mol. The largest absolute Gasteiger partial charge is 0.416 e. The first-order chi connectivity index (χ1) is 12.2. The highest BCUT2D eigenvalue weighted by molar-refractivity contribution is 5.79. The first-order valence-corrected chi connectivity index (χ1v) is 8.25. The Balaban J connectivity index is 1.92. The Morgan fingerprint density at radius 1 is 1.27 bits per heavy atom. The Hall–Kier alpha value is -2.51. The number of nitrogens with one attached hydrogen (secondary N) is 2. The Morgan fingerprint density at radius 2 is 2.00 bits per heavy atom. The molecule has 2 aromatic rings. The molecule has 1 aromatic carbocycles. The van der Waals surface area contributed by atoms with Gasteiger partial charge in [-0.3, -0.25) is 4.99 Å². The molecule has 8 heteroatoms. The molecule has 2 rings (SSSR count). The van der Waals surface area contributed by atoms with Crippen LogP contribution in [-0.4, -0.2) is 24.7 Å². The van der Waals surface area contributed by atoms with E-state index in [1.54, 1.807) is 13.1 Å². The summed E-state index contributed by atoms with van der Waals surface area (Å²) in [7, 11) is 1.61. The number of aromatic nitrogens is 1. The number of hydrogen-bond acceptors (Lipinski definition) is 3. The van der Waals surface area contributed by atoms with Crippen LogP contribution in [0.5, 0.6) is 0 Å². The van der Waals surface area contributed by atoms with E-state index in [9.17, 15) is 13.2 Å². The lowest BCUT2D eigenvalue weighted by Gasteiger charge is -2.16. The summed E-state index contributed by atoms with van der Waals surface area (Å²) in [6.07, 6.45) is -4.35. The summed E-state index contributed by atoms with van der Waals surface area (Å²) in [5.41, 5.74) is 1.77. The van der Waals surface area contributed by atoms with Gasteiger partial charge in [0.2, 0.25) is 0 Å². The summed E-state index contributed by atoms with van der Waals surface area (Å²) in [4.78, 5) is 4.11. The summed E-state index contributed by atoms with van der Waals surface area (Å²) in [5.74, 6) is 1.44. The fourth-order valence-corrected chi connectivity index (χ4v) is 2.81. The molecule has 0 radical (unpaired) electrons. The molecule has 0 saturated carbocycles. The predicted molar refractivity (Wildman–Crippen MR) is 94.0 cm³/mol. The van der Waals surface area contributed by atoms with Crippen molar-refractivity contribution >= 4 is 5.96 Å². The molecule has 142 valence electrons. The Bertz CT molecular complexity index is 749. The van der Waals surface area contributed by atoms with E-state index in [0.717, 1.165) is 29.2 Å². The van der Waals surface area contributed by atoms with Crippen LogP contribution in [0.4, 0.5) is 13.2 Å². The number of rotatable bonds is 5. The van der Waals surface area contributed by atoms with Gasteiger partial charge in [0.15, 0.2) is 5.96 Å². The minimum Gasteiger partial charge on any atom is -0.361 e. The molecule has 0 aliphatic heterocycles. The lowest BCUT2D eigenvalue weighted by molar-refractivity contribution is -0.137. The van der Waals surface area contributed by atoms with E-state index in [1.165, 1.54) is 6.07 Å². The van der Waals surface area contributed by atoms with E-state index in [-0.39, 0.29) is 12.5 Å². The Morgan fingerprint density at radius 3 is 2.58 bits per heavy atom. The normalized spacial score (nSPS) is 13.6. The number of nitrogens with zero attached hydrogens (tertiary/aromatic N) is 2. The molecule has 5 nitrogen and oxygen atoms in total. The molecule has 0 aliphatic carbocycles. The van der Waals surface area contributed by atoms with Crippen molar-refractivity contribution in [3.63, 3.8) is 0 Å². The van der Waals surface area contributed by atoms with Crippen molar-refractivity contribution in [1.29, 1.82) is 0 Å². The molecule has 26 heavy (non-hydrogen) atoms. The Labute approximate surface area is 150 Å². The topological polar surface area (TPSA) is 62.5 Å². The number of benzene rings is 1. The lowest BCUT2D eigenvalue weighted by atomic mass is 10.00. The molecule has 0 saturated heterocycles. The number of hydrogen-bond donors (Lipinski definition) is 2. The van der Waals surface area contributed by atoms with Crippen molar-refractivity contribution < 1.29 is 17.7 Å². The second kappa shape index (κ2) is 8.25. The molecular formula is C18H23F3N4O. The average molecular weight is 368 g/mol.